The van der Waals surface area contributed by atoms with Gasteiger partial charge in [-0.2, -0.15) is 8.42 Å². The highest BCUT2D eigenvalue weighted by molar-refractivity contribution is 7.80. The smallest absolute Gasteiger partial charge is 0.399 e. The van der Waals surface area contributed by atoms with E-state index in [1.165, 1.54) is 0 Å². The minimum absolute atomic E-state index is 0.112. The zero-order valence-electron chi connectivity index (χ0n) is 10.8. The van der Waals surface area contributed by atoms with Crippen molar-refractivity contribution in [3.63, 3.8) is 0 Å². The fourth-order valence-electron chi connectivity index (χ4n) is 1.69. The Hall–Kier alpha value is -1.35. The van der Waals surface area contributed by atoms with Crippen molar-refractivity contribution in [3.8, 4) is 0 Å². The molecule has 0 heterocycles. The molecule has 0 radical (unpaired) electrons. The molecule has 7 nitrogen and oxygen atoms in total. The highest BCUT2D eigenvalue weighted by Crippen LogP contribution is 2.27. The summed E-state index contributed by atoms with van der Waals surface area (Å²) in [7, 11) is -4.61. The zero-order valence-corrected chi connectivity index (χ0v) is 11.6. The molecule has 108 valence electrons. The Morgan fingerprint density at radius 1 is 1.42 bits per heavy atom. The Kier molecular flexibility index (Phi) is 5.12. The molecule has 1 aromatic carbocycles. The largest absolute Gasteiger partial charge is 0.418 e. The number of aliphatic hydroxyl groups is 1. The number of anilines is 2. The molecule has 0 aliphatic heterocycles. The van der Waals surface area contributed by atoms with Gasteiger partial charge < -0.3 is 10.8 Å². The highest BCUT2D eigenvalue weighted by atomic mass is 32.3. The summed E-state index contributed by atoms with van der Waals surface area (Å²) in [4.78, 5) is 0. The zero-order chi connectivity index (χ0) is 14.6. The van der Waals surface area contributed by atoms with Crippen molar-refractivity contribution in [3.05, 3.63) is 23.3 Å². The van der Waals surface area contributed by atoms with Gasteiger partial charge in [0.15, 0.2) is 0 Å². The summed E-state index contributed by atoms with van der Waals surface area (Å²) in [6, 6.07) is 3.30. The van der Waals surface area contributed by atoms with Crippen molar-refractivity contribution >= 4 is 21.8 Å². The van der Waals surface area contributed by atoms with Crippen molar-refractivity contribution in [2.45, 2.75) is 20.3 Å². The monoisotopic (exact) mass is 290 g/mol. The quantitative estimate of drug-likeness (QED) is 0.401. The summed E-state index contributed by atoms with van der Waals surface area (Å²) in [5, 5.41) is 10.1. The normalized spacial score (nSPS) is 11.6. The lowest BCUT2D eigenvalue weighted by Crippen LogP contribution is -2.28. The number of hydroxylamine groups is 1. The van der Waals surface area contributed by atoms with Crippen molar-refractivity contribution in [1.29, 1.82) is 0 Å². The first kappa shape index (κ1) is 15.7. The Balaban J connectivity index is 3.24. The number of benzene rings is 1. The summed E-state index contributed by atoms with van der Waals surface area (Å²) < 4.78 is 34.9. The third kappa shape index (κ3) is 4.35. The first-order valence-corrected chi connectivity index (χ1v) is 7.09. The standard InChI is InChI=1S/C11H18N2O5S/c1-3-13(18-19(15,16)17)11-6-8(2)10(12)7-9(11)4-5-14/h6-7,14H,3-5,12H2,1-2H3,(H,15,16,17). The lowest BCUT2D eigenvalue weighted by molar-refractivity contribution is 0.244. The summed E-state index contributed by atoms with van der Waals surface area (Å²) >= 11 is 0. The number of hydrogen-bond acceptors (Lipinski definition) is 6. The summed E-state index contributed by atoms with van der Waals surface area (Å²) in [5.41, 5.74) is 8.14. The molecule has 1 rings (SSSR count). The van der Waals surface area contributed by atoms with Crippen molar-refractivity contribution in [2.75, 3.05) is 23.9 Å². The Bertz CT molecular complexity index is 544. The van der Waals surface area contributed by atoms with Crippen LogP contribution in [0.4, 0.5) is 11.4 Å². The molecule has 0 aliphatic rings. The number of nitrogens with zero attached hydrogens (tertiary/aromatic N) is 1. The van der Waals surface area contributed by atoms with Crippen LogP contribution in [0, 0.1) is 6.92 Å². The summed E-state index contributed by atoms with van der Waals surface area (Å²) in [5.74, 6) is 0. The molecule has 0 saturated carbocycles. The second-order valence-corrected chi connectivity index (χ2v) is 5.01. The minimum atomic E-state index is -4.61. The lowest BCUT2D eigenvalue weighted by Gasteiger charge is -2.23. The first-order valence-electron chi connectivity index (χ1n) is 5.73. The predicted molar refractivity (Wildman–Crippen MR) is 72.0 cm³/mol. The summed E-state index contributed by atoms with van der Waals surface area (Å²) in [6.07, 6.45) is 0.297. The average molecular weight is 290 g/mol. The van der Waals surface area contributed by atoms with Crippen LogP contribution in [-0.2, 0) is 21.1 Å². The number of nitrogens with two attached hydrogens (primary N) is 1. The minimum Gasteiger partial charge on any atom is -0.399 e. The van der Waals surface area contributed by atoms with Crippen LogP contribution in [0.3, 0.4) is 0 Å². The van der Waals surface area contributed by atoms with E-state index in [9.17, 15) is 8.42 Å². The highest BCUT2D eigenvalue weighted by Gasteiger charge is 2.18. The second-order valence-electron chi connectivity index (χ2n) is 4.01. The van der Waals surface area contributed by atoms with E-state index in [1.54, 1.807) is 26.0 Å². The van der Waals surface area contributed by atoms with E-state index in [1.807, 2.05) is 0 Å². The van der Waals surface area contributed by atoms with Gasteiger partial charge in [0.2, 0.25) is 0 Å². The molecule has 0 aliphatic carbocycles. The van der Waals surface area contributed by atoms with Gasteiger partial charge in [-0.3, -0.25) is 4.55 Å². The molecule has 0 spiro atoms. The lowest BCUT2D eigenvalue weighted by atomic mass is 10.0. The van der Waals surface area contributed by atoms with Gasteiger partial charge in [-0.25, -0.2) is 5.06 Å². The fourth-order valence-corrected chi connectivity index (χ4v) is 2.10. The average Bonchev–Trinajstić information content (AvgIpc) is 2.30. The van der Waals surface area contributed by atoms with Gasteiger partial charge in [0, 0.05) is 18.8 Å². The molecule has 0 aromatic heterocycles. The maximum absolute atomic E-state index is 10.8. The Morgan fingerprint density at radius 3 is 2.53 bits per heavy atom. The van der Waals surface area contributed by atoms with Crippen LogP contribution in [0.2, 0.25) is 0 Å². The van der Waals surface area contributed by atoms with E-state index >= 15 is 0 Å². The molecule has 1 aromatic rings. The van der Waals surface area contributed by atoms with Crippen LogP contribution in [0.1, 0.15) is 18.1 Å². The van der Waals surface area contributed by atoms with E-state index in [0.29, 0.717) is 23.4 Å². The van der Waals surface area contributed by atoms with Crippen LogP contribution < -0.4 is 10.8 Å². The predicted octanol–water partition coefficient (Wildman–Crippen LogP) is 0.673. The number of hydrogen-bond donors (Lipinski definition) is 3. The van der Waals surface area contributed by atoms with Gasteiger partial charge in [-0.05, 0) is 43.5 Å². The maximum Gasteiger partial charge on any atom is 0.418 e. The van der Waals surface area contributed by atoms with Gasteiger partial charge >= 0.3 is 10.4 Å². The molecule has 19 heavy (non-hydrogen) atoms. The third-order valence-corrected chi connectivity index (χ3v) is 2.96. The molecule has 0 fully saturated rings. The van der Waals surface area contributed by atoms with Gasteiger partial charge in [-0.15, -0.1) is 4.28 Å². The van der Waals surface area contributed by atoms with Crippen molar-refractivity contribution in [1.82, 2.24) is 0 Å². The van der Waals surface area contributed by atoms with Gasteiger partial charge in [-0.1, -0.05) is 0 Å². The van der Waals surface area contributed by atoms with Crippen LogP contribution >= 0.6 is 0 Å². The van der Waals surface area contributed by atoms with Gasteiger partial charge in [0.1, 0.15) is 0 Å². The SMILES string of the molecule is CCN(OS(=O)(=O)O)c1cc(C)c(N)cc1CCO. The van der Waals surface area contributed by atoms with Crippen LogP contribution in [-0.4, -0.2) is 31.2 Å². The van der Waals surface area contributed by atoms with Crippen molar-refractivity contribution in [2.24, 2.45) is 0 Å². The number of rotatable bonds is 6. The van der Waals surface area contributed by atoms with Gasteiger partial charge in [0.25, 0.3) is 0 Å². The fraction of sp³-hybridized carbons (Fsp3) is 0.455. The van der Waals surface area contributed by atoms with Crippen LogP contribution in [0.25, 0.3) is 0 Å². The van der Waals surface area contributed by atoms with Gasteiger partial charge in [0.05, 0.1) is 5.69 Å². The molecule has 0 saturated heterocycles. The number of aryl methyl sites for hydroxylation is 1. The van der Waals surface area contributed by atoms with E-state index in [-0.39, 0.29) is 13.2 Å². The van der Waals surface area contributed by atoms with E-state index in [4.69, 9.17) is 15.4 Å². The third-order valence-electron chi connectivity index (χ3n) is 2.59. The van der Waals surface area contributed by atoms with Crippen LogP contribution in [0.5, 0.6) is 0 Å². The molecule has 0 bridgehead atoms. The Labute approximate surface area is 112 Å². The molecule has 0 unspecified atom stereocenters. The molecular weight excluding hydrogens is 272 g/mol. The topological polar surface area (TPSA) is 113 Å². The van der Waals surface area contributed by atoms with Crippen LogP contribution in [0.15, 0.2) is 12.1 Å². The first-order chi connectivity index (χ1) is 8.78. The molecule has 4 N–H and O–H groups in total. The van der Waals surface area contributed by atoms with Crippen molar-refractivity contribution < 1.29 is 22.4 Å². The molecular formula is C11H18N2O5S. The summed E-state index contributed by atoms with van der Waals surface area (Å²) in [6.45, 7) is 3.52. The maximum atomic E-state index is 10.8. The number of aliphatic hydroxyl groups excluding tert-OH is 1. The second kappa shape index (κ2) is 6.20. The molecule has 0 amide bonds. The van der Waals surface area contributed by atoms with E-state index in [0.717, 1.165) is 10.6 Å². The van der Waals surface area contributed by atoms with E-state index in [2.05, 4.69) is 4.28 Å². The van der Waals surface area contributed by atoms with E-state index < -0.39 is 10.4 Å². The molecule has 0 atom stereocenters. The Morgan fingerprint density at radius 2 is 2.05 bits per heavy atom. The molecule has 8 heteroatoms. The number of nitrogen functional groups attached to an aromatic ring is 1.